The Morgan fingerprint density at radius 2 is 2.00 bits per heavy atom. The third kappa shape index (κ3) is 2.98. The molecular formula is C17H21N5O. The number of carbonyl (C=O) groups is 1. The van der Waals surface area contributed by atoms with Crippen LogP contribution in [0.5, 0.6) is 0 Å². The minimum Gasteiger partial charge on any atom is -0.356 e. The summed E-state index contributed by atoms with van der Waals surface area (Å²) >= 11 is 0. The van der Waals surface area contributed by atoms with Crippen molar-refractivity contribution in [3.8, 4) is 0 Å². The zero-order chi connectivity index (χ0) is 15.8. The van der Waals surface area contributed by atoms with Gasteiger partial charge < -0.3 is 10.2 Å². The summed E-state index contributed by atoms with van der Waals surface area (Å²) in [6.07, 6.45) is 7.63. The summed E-state index contributed by atoms with van der Waals surface area (Å²) in [5, 5.41) is 4.24. The number of hydrogen-bond acceptors (Lipinski definition) is 5. The molecule has 2 aliphatic rings. The molecule has 4 rings (SSSR count). The number of aryl methyl sites for hydroxylation is 1. The van der Waals surface area contributed by atoms with Crippen LogP contribution in [0.4, 0.5) is 5.82 Å². The number of pyridine rings is 1. The predicted octanol–water partition coefficient (Wildman–Crippen LogP) is 1.83. The Labute approximate surface area is 135 Å². The van der Waals surface area contributed by atoms with Gasteiger partial charge in [0.15, 0.2) is 0 Å². The van der Waals surface area contributed by atoms with Crippen molar-refractivity contribution in [2.45, 2.75) is 38.6 Å². The molecule has 6 heteroatoms. The minimum absolute atomic E-state index is 0.248. The number of hydrogen-bond donors (Lipinski definition) is 1. The van der Waals surface area contributed by atoms with Crippen molar-refractivity contribution in [3.63, 3.8) is 0 Å². The maximum absolute atomic E-state index is 11.9. The Balaban J connectivity index is 1.49. The summed E-state index contributed by atoms with van der Waals surface area (Å²) in [5.41, 5.74) is 0.888. The molecule has 1 aliphatic carbocycles. The molecule has 1 amide bonds. The number of fused-ring (bicyclic) bond motifs is 1. The number of piperidine rings is 1. The van der Waals surface area contributed by atoms with E-state index in [1.54, 1.807) is 12.4 Å². The number of nitrogens with one attached hydrogen (secondary N) is 1. The number of amides is 1. The molecule has 2 aromatic heterocycles. The third-order valence-electron chi connectivity index (χ3n) is 4.68. The Bertz CT molecular complexity index is 735. The van der Waals surface area contributed by atoms with Gasteiger partial charge in [-0.15, -0.1) is 0 Å². The molecule has 0 bridgehead atoms. The first-order valence-corrected chi connectivity index (χ1v) is 8.34. The van der Waals surface area contributed by atoms with Crippen LogP contribution in [0, 0.1) is 12.8 Å². The number of nitrogens with zero attached hydrogens (tertiary/aromatic N) is 4. The molecule has 120 valence electrons. The molecule has 2 fully saturated rings. The van der Waals surface area contributed by atoms with Crippen LogP contribution >= 0.6 is 0 Å². The average molecular weight is 311 g/mol. The summed E-state index contributed by atoms with van der Waals surface area (Å²) in [6.45, 7) is 3.73. The highest BCUT2D eigenvalue weighted by Crippen LogP contribution is 2.30. The average Bonchev–Trinajstić information content (AvgIpc) is 3.40. The minimum atomic E-state index is 0.248. The Morgan fingerprint density at radius 1 is 1.22 bits per heavy atom. The Morgan fingerprint density at radius 3 is 2.74 bits per heavy atom. The van der Waals surface area contributed by atoms with Crippen molar-refractivity contribution in [1.82, 2.24) is 20.3 Å². The largest absolute Gasteiger partial charge is 0.356 e. The summed E-state index contributed by atoms with van der Waals surface area (Å²) in [4.78, 5) is 27.4. The van der Waals surface area contributed by atoms with E-state index in [1.807, 2.05) is 13.0 Å². The van der Waals surface area contributed by atoms with Gasteiger partial charge in [0.25, 0.3) is 0 Å². The molecular weight excluding hydrogens is 290 g/mol. The van der Waals surface area contributed by atoms with Gasteiger partial charge in [0.05, 0.1) is 11.7 Å². The van der Waals surface area contributed by atoms with Gasteiger partial charge in [0.1, 0.15) is 11.6 Å². The zero-order valence-electron chi connectivity index (χ0n) is 13.3. The van der Waals surface area contributed by atoms with Crippen molar-refractivity contribution in [3.05, 3.63) is 24.3 Å². The van der Waals surface area contributed by atoms with Crippen molar-refractivity contribution in [1.29, 1.82) is 0 Å². The van der Waals surface area contributed by atoms with Crippen LogP contribution in [0.1, 0.15) is 31.5 Å². The van der Waals surface area contributed by atoms with E-state index in [9.17, 15) is 4.79 Å². The van der Waals surface area contributed by atoms with E-state index in [-0.39, 0.29) is 11.8 Å². The summed E-state index contributed by atoms with van der Waals surface area (Å²) in [5.74, 6) is 2.29. The quantitative estimate of drug-likeness (QED) is 0.936. The maximum atomic E-state index is 11.9. The van der Waals surface area contributed by atoms with E-state index < -0.39 is 0 Å². The SMILES string of the molecule is Cc1nc(N2CCC(NC(=O)C3CC3)CC2)c2ccncc2n1. The second-order valence-electron chi connectivity index (χ2n) is 6.53. The van der Waals surface area contributed by atoms with Gasteiger partial charge in [-0.3, -0.25) is 9.78 Å². The van der Waals surface area contributed by atoms with E-state index in [4.69, 9.17) is 0 Å². The van der Waals surface area contributed by atoms with Gasteiger partial charge >= 0.3 is 0 Å². The van der Waals surface area contributed by atoms with Crippen LogP contribution in [0.25, 0.3) is 10.9 Å². The monoisotopic (exact) mass is 311 g/mol. The molecule has 1 saturated carbocycles. The lowest BCUT2D eigenvalue weighted by atomic mass is 10.0. The highest BCUT2D eigenvalue weighted by molar-refractivity contribution is 5.88. The van der Waals surface area contributed by atoms with Crippen LogP contribution in [0.3, 0.4) is 0 Å². The molecule has 0 radical (unpaired) electrons. The van der Waals surface area contributed by atoms with Gasteiger partial charge in [-0.1, -0.05) is 0 Å². The van der Waals surface area contributed by atoms with Gasteiger partial charge in [-0.25, -0.2) is 9.97 Å². The van der Waals surface area contributed by atoms with Crippen LogP contribution in [-0.4, -0.2) is 40.0 Å². The first kappa shape index (κ1) is 14.4. The smallest absolute Gasteiger partial charge is 0.223 e. The van der Waals surface area contributed by atoms with Crippen molar-refractivity contribution in [2.75, 3.05) is 18.0 Å². The first-order chi connectivity index (χ1) is 11.2. The van der Waals surface area contributed by atoms with Crippen molar-refractivity contribution < 1.29 is 4.79 Å². The zero-order valence-corrected chi connectivity index (χ0v) is 13.3. The third-order valence-corrected chi connectivity index (χ3v) is 4.68. The lowest BCUT2D eigenvalue weighted by Gasteiger charge is -2.33. The second kappa shape index (κ2) is 5.76. The molecule has 1 aliphatic heterocycles. The topological polar surface area (TPSA) is 71.0 Å². The fraction of sp³-hybridized carbons (Fsp3) is 0.529. The number of aromatic nitrogens is 3. The first-order valence-electron chi connectivity index (χ1n) is 8.34. The molecule has 0 atom stereocenters. The van der Waals surface area contributed by atoms with Crippen molar-refractivity contribution in [2.24, 2.45) is 5.92 Å². The van der Waals surface area contributed by atoms with E-state index in [0.717, 1.165) is 61.3 Å². The van der Waals surface area contributed by atoms with Crippen LogP contribution in [-0.2, 0) is 4.79 Å². The molecule has 23 heavy (non-hydrogen) atoms. The molecule has 0 unspecified atom stereocenters. The number of rotatable bonds is 3. The fourth-order valence-electron chi connectivity index (χ4n) is 3.22. The highest BCUT2D eigenvalue weighted by Gasteiger charge is 2.32. The molecule has 2 aromatic rings. The van der Waals surface area contributed by atoms with Crippen LogP contribution in [0.2, 0.25) is 0 Å². The van der Waals surface area contributed by atoms with Gasteiger partial charge in [0, 0.05) is 36.6 Å². The Kier molecular flexibility index (Phi) is 3.59. The predicted molar refractivity (Wildman–Crippen MR) is 88.2 cm³/mol. The molecule has 1 N–H and O–H groups in total. The van der Waals surface area contributed by atoms with E-state index >= 15 is 0 Å². The van der Waals surface area contributed by atoms with Gasteiger partial charge in [-0.05, 0) is 38.7 Å². The summed E-state index contributed by atoms with van der Waals surface area (Å²) in [7, 11) is 0. The molecule has 1 saturated heterocycles. The van der Waals surface area contributed by atoms with Crippen molar-refractivity contribution >= 4 is 22.6 Å². The highest BCUT2D eigenvalue weighted by atomic mass is 16.2. The molecule has 6 nitrogen and oxygen atoms in total. The fourth-order valence-corrected chi connectivity index (χ4v) is 3.22. The van der Waals surface area contributed by atoms with Crippen LogP contribution < -0.4 is 10.2 Å². The molecule has 0 aromatic carbocycles. The molecule has 3 heterocycles. The van der Waals surface area contributed by atoms with Crippen LogP contribution in [0.15, 0.2) is 18.5 Å². The number of anilines is 1. The van der Waals surface area contributed by atoms with Gasteiger partial charge in [0.2, 0.25) is 5.91 Å². The summed E-state index contributed by atoms with van der Waals surface area (Å²) in [6, 6.07) is 2.28. The van der Waals surface area contributed by atoms with E-state index in [1.165, 1.54) is 0 Å². The van der Waals surface area contributed by atoms with E-state index in [0.29, 0.717) is 6.04 Å². The lowest BCUT2D eigenvalue weighted by molar-refractivity contribution is -0.123. The number of carbonyl (C=O) groups excluding carboxylic acids is 1. The van der Waals surface area contributed by atoms with Gasteiger partial charge in [-0.2, -0.15) is 0 Å². The summed E-state index contributed by atoms with van der Waals surface area (Å²) < 4.78 is 0. The maximum Gasteiger partial charge on any atom is 0.223 e. The van der Waals surface area contributed by atoms with E-state index in [2.05, 4.69) is 25.2 Å². The molecule has 0 spiro atoms. The normalized spacial score (nSPS) is 19.1. The second-order valence-corrected chi connectivity index (χ2v) is 6.53. The standard InChI is InChI=1S/C17H21N5O/c1-11-19-15-10-18-7-4-14(15)16(20-11)22-8-5-13(6-9-22)21-17(23)12-2-3-12/h4,7,10,12-13H,2-3,5-6,8-9H2,1H3,(H,21,23). The lowest BCUT2D eigenvalue weighted by Crippen LogP contribution is -2.45. The Hall–Kier alpha value is -2.24.